The molecule has 6 nitrogen and oxygen atoms in total. The topological polar surface area (TPSA) is 83.7 Å². The minimum atomic E-state index is -0.889. The molecule has 2 aromatic rings. The Morgan fingerprint density at radius 2 is 1.88 bits per heavy atom. The first-order valence-corrected chi connectivity index (χ1v) is 8.49. The summed E-state index contributed by atoms with van der Waals surface area (Å²) in [6, 6.07) is 15.4. The molecule has 7 heteroatoms. The van der Waals surface area contributed by atoms with Gasteiger partial charge in [0.2, 0.25) is 5.91 Å². The van der Waals surface area contributed by atoms with E-state index in [1.807, 2.05) is 30.3 Å². The van der Waals surface area contributed by atoms with Crippen molar-refractivity contribution in [3.05, 3.63) is 75.8 Å². The number of nitro groups is 1. The highest BCUT2D eigenvalue weighted by molar-refractivity contribution is 8.00. The van der Waals surface area contributed by atoms with Crippen molar-refractivity contribution in [1.82, 2.24) is 4.90 Å². The van der Waals surface area contributed by atoms with Gasteiger partial charge in [-0.15, -0.1) is 11.8 Å². The first kappa shape index (κ1) is 16.5. The summed E-state index contributed by atoms with van der Waals surface area (Å²) in [5.74, 6) is 0.363. The lowest BCUT2D eigenvalue weighted by Crippen LogP contribution is -2.32. The van der Waals surface area contributed by atoms with Crippen LogP contribution in [0.2, 0.25) is 0 Å². The van der Waals surface area contributed by atoms with E-state index >= 15 is 0 Å². The van der Waals surface area contributed by atoms with Crippen molar-refractivity contribution >= 4 is 23.4 Å². The molecule has 1 aliphatic rings. The molecular formula is C17H16N2O4S. The molecule has 1 amide bonds. The highest BCUT2D eigenvalue weighted by Crippen LogP contribution is 2.39. The summed E-state index contributed by atoms with van der Waals surface area (Å²) >= 11 is 1.53. The number of non-ortho nitro benzene ring substituents is 1. The fourth-order valence-corrected chi connectivity index (χ4v) is 3.85. The predicted octanol–water partition coefficient (Wildman–Crippen LogP) is 2.90. The molecule has 0 radical (unpaired) electrons. The third kappa shape index (κ3) is 3.42. The lowest BCUT2D eigenvalue weighted by Gasteiger charge is -2.26. The van der Waals surface area contributed by atoms with E-state index in [-0.39, 0.29) is 23.5 Å². The van der Waals surface area contributed by atoms with E-state index in [0.29, 0.717) is 11.3 Å². The Morgan fingerprint density at radius 1 is 1.21 bits per heavy atom. The normalized spacial score (nSPS) is 18.6. The molecule has 1 saturated heterocycles. The molecule has 0 spiro atoms. The zero-order valence-corrected chi connectivity index (χ0v) is 13.6. The van der Waals surface area contributed by atoms with Gasteiger partial charge < -0.3 is 10.0 Å². The van der Waals surface area contributed by atoms with E-state index in [1.54, 1.807) is 4.90 Å². The monoisotopic (exact) mass is 344 g/mol. The molecule has 0 saturated carbocycles. The summed E-state index contributed by atoms with van der Waals surface area (Å²) in [6.45, 7) is 0.156. The molecule has 124 valence electrons. The van der Waals surface area contributed by atoms with Gasteiger partial charge in [-0.3, -0.25) is 14.9 Å². The molecule has 2 aromatic carbocycles. The lowest BCUT2D eigenvalue weighted by atomic mass is 10.1. The van der Waals surface area contributed by atoms with Crippen molar-refractivity contribution < 1.29 is 14.8 Å². The smallest absolute Gasteiger partial charge is 0.269 e. The number of benzene rings is 2. The number of aliphatic hydroxyl groups is 1. The van der Waals surface area contributed by atoms with Gasteiger partial charge in [-0.05, 0) is 23.3 Å². The Hall–Kier alpha value is -2.38. The van der Waals surface area contributed by atoms with Crippen LogP contribution in [0, 0.1) is 10.1 Å². The average Bonchev–Trinajstić information content (AvgIpc) is 2.96. The Bertz CT molecular complexity index is 736. The van der Waals surface area contributed by atoms with E-state index in [9.17, 15) is 20.0 Å². The number of nitrogens with zero attached hydrogens (tertiary/aromatic N) is 2. The third-order valence-electron chi connectivity index (χ3n) is 3.91. The number of aliphatic hydroxyl groups excluding tert-OH is 1. The quantitative estimate of drug-likeness (QED) is 0.666. The van der Waals surface area contributed by atoms with Crippen molar-refractivity contribution in [2.24, 2.45) is 0 Å². The summed E-state index contributed by atoms with van der Waals surface area (Å²) in [6.07, 6.45) is -0.889. The Kier molecular flexibility index (Phi) is 4.82. The number of amides is 1. The molecular weight excluding hydrogens is 328 g/mol. The van der Waals surface area contributed by atoms with E-state index < -0.39 is 11.0 Å². The molecule has 0 aliphatic carbocycles. The Morgan fingerprint density at radius 3 is 2.50 bits per heavy atom. The summed E-state index contributed by atoms with van der Waals surface area (Å²) in [5.41, 5.74) is 1.54. The van der Waals surface area contributed by atoms with Crippen LogP contribution in [0.5, 0.6) is 0 Å². The van der Waals surface area contributed by atoms with Gasteiger partial charge in [-0.25, -0.2) is 0 Å². The highest BCUT2D eigenvalue weighted by atomic mass is 32.2. The summed E-state index contributed by atoms with van der Waals surface area (Å²) in [7, 11) is 0. The third-order valence-corrected chi connectivity index (χ3v) is 5.17. The summed E-state index contributed by atoms with van der Waals surface area (Å²) < 4.78 is 0. The molecule has 0 bridgehead atoms. The zero-order chi connectivity index (χ0) is 17.1. The number of β-amino-alcohol motifs (C(OH)–C–C–N with tert-alkyl or cyclic N) is 1. The number of thioether (sulfide) groups is 1. The fourth-order valence-electron chi connectivity index (χ4n) is 2.66. The van der Waals surface area contributed by atoms with E-state index in [2.05, 4.69) is 0 Å². The van der Waals surface area contributed by atoms with Gasteiger partial charge in [-0.2, -0.15) is 0 Å². The molecule has 1 heterocycles. The van der Waals surface area contributed by atoms with Gasteiger partial charge in [0.15, 0.2) is 0 Å². The van der Waals surface area contributed by atoms with Crippen molar-refractivity contribution in [1.29, 1.82) is 0 Å². The Balaban J connectivity index is 1.75. The van der Waals surface area contributed by atoms with Gasteiger partial charge in [-0.1, -0.05) is 30.3 Å². The number of hydrogen-bond acceptors (Lipinski definition) is 5. The molecule has 0 aromatic heterocycles. The van der Waals surface area contributed by atoms with E-state index in [0.717, 1.165) is 5.56 Å². The molecule has 0 unspecified atom stereocenters. The van der Waals surface area contributed by atoms with Crippen LogP contribution in [0.15, 0.2) is 54.6 Å². The molecule has 1 fully saturated rings. The lowest BCUT2D eigenvalue weighted by molar-refractivity contribution is -0.384. The van der Waals surface area contributed by atoms with Crippen LogP contribution < -0.4 is 0 Å². The van der Waals surface area contributed by atoms with Crippen molar-refractivity contribution in [2.75, 3.05) is 12.3 Å². The summed E-state index contributed by atoms with van der Waals surface area (Å²) in [5, 5.41) is 21.0. The van der Waals surface area contributed by atoms with Crippen LogP contribution in [-0.2, 0) is 4.79 Å². The van der Waals surface area contributed by atoms with Crippen LogP contribution >= 0.6 is 11.8 Å². The number of carbonyl (C=O) groups is 1. The minimum absolute atomic E-state index is 0.0187. The number of carbonyl (C=O) groups excluding carboxylic acids is 1. The van der Waals surface area contributed by atoms with Gasteiger partial charge in [0.05, 0.1) is 23.3 Å². The SMILES string of the molecule is O=C1CS[C@H](c2ccccc2)N1C[C@@H](O)c1ccc([N+](=O)[O-])cc1. The largest absolute Gasteiger partial charge is 0.387 e. The second-order valence-corrected chi connectivity index (χ2v) is 6.55. The maximum absolute atomic E-state index is 12.2. The van der Waals surface area contributed by atoms with Gasteiger partial charge in [0.25, 0.3) is 5.69 Å². The standard InChI is InChI=1S/C17H16N2O4S/c20-15(12-6-8-14(9-7-12)19(22)23)10-18-16(21)11-24-17(18)13-4-2-1-3-5-13/h1-9,15,17,20H,10-11H2/t15-,17-/m1/s1. The van der Waals surface area contributed by atoms with Crippen LogP contribution in [-0.4, -0.2) is 33.1 Å². The van der Waals surface area contributed by atoms with Gasteiger partial charge >= 0.3 is 0 Å². The van der Waals surface area contributed by atoms with Gasteiger partial charge in [0.1, 0.15) is 5.37 Å². The summed E-state index contributed by atoms with van der Waals surface area (Å²) in [4.78, 5) is 24.0. The van der Waals surface area contributed by atoms with Crippen molar-refractivity contribution in [3.63, 3.8) is 0 Å². The second-order valence-electron chi connectivity index (χ2n) is 5.48. The van der Waals surface area contributed by atoms with Crippen LogP contribution in [0.4, 0.5) is 5.69 Å². The van der Waals surface area contributed by atoms with E-state index in [4.69, 9.17) is 0 Å². The predicted molar refractivity (Wildman–Crippen MR) is 91.4 cm³/mol. The van der Waals surface area contributed by atoms with E-state index in [1.165, 1.54) is 36.0 Å². The Labute approximate surface area is 143 Å². The molecule has 3 rings (SSSR count). The van der Waals surface area contributed by atoms with Crippen molar-refractivity contribution in [2.45, 2.75) is 11.5 Å². The fraction of sp³-hybridized carbons (Fsp3) is 0.235. The molecule has 2 atom stereocenters. The maximum atomic E-state index is 12.2. The molecule has 24 heavy (non-hydrogen) atoms. The number of rotatable bonds is 5. The van der Waals surface area contributed by atoms with Gasteiger partial charge in [0, 0.05) is 12.1 Å². The maximum Gasteiger partial charge on any atom is 0.269 e. The minimum Gasteiger partial charge on any atom is -0.387 e. The first-order valence-electron chi connectivity index (χ1n) is 7.44. The van der Waals surface area contributed by atoms with Crippen molar-refractivity contribution in [3.8, 4) is 0 Å². The van der Waals surface area contributed by atoms with Crippen LogP contribution in [0.25, 0.3) is 0 Å². The number of hydrogen-bond donors (Lipinski definition) is 1. The molecule has 1 N–H and O–H groups in total. The second kappa shape index (κ2) is 7.02. The first-order chi connectivity index (χ1) is 11.6. The van der Waals surface area contributed by atoms with Crippen LogP contribution in [0.1, 0.15) is 22.6 Å². The number of nitro benzene ring substituents is 1. The van der Waals surface area contributed by atoms with Crippen LogP contribution in [0.3, 0.4) is 0 Å². The average molecular weight is 344 g/mol. The highest BCUT2D eigenvalue weighted by Gasteiger charge is 2.34. The zero-order valence-electron chi connectivity index (χ0n) is 12.7. The molecule has 1 aliphatic heterocycles.